The molecule has 4 rings (SSSR count). The molecule has 130 valence electrons. The minimum atomic E-state index is -0.532. The van der Waals surface area contributed by atoms with Crippen LogP contribution in [0.4, 0.5) is 0 Å². The van der Waals surface area contributed by atoms with Gasteiger partial charge >= 0.3 is 0 Å². The summed E-state index contributed by atoms with van der Waals surface area (Å²) in [6.07, 6.45) is 0. The van der Waals surface area contributed by atoms with Gasteiger partial charge in [-0.05, 0) is 30.3 Å². The molecular weight excluding hydrogens is 441 g/mol. The molecule has 0 bridgehead atoms. The summed E-state index contributed by atoms with van der Waals surface area (Å²) in [7, 11) is 0. The summed E-state index contributed by atoms with van der Waals surface area (Å²) in [6, 6.07) is 8.02. The Morgan fingerprint density at radius 2 is 1.35 bits per heavy atom. The molecule has 10 heteroatoms. The van der Waals surface area contributed by atoms with Gasteiger partial charge in [0.25, 0.3) is 5.56 Å². The Morgan fingerprint density at radius 1 is 0.731 bits per heavy atom. The van der Waals surface area contributed by atoms with E-state index in [9.17, 15) is 4.79 Å². The highest BCUT2D eigenvalue weighted by Crippen LogP contribution is 2.30. The van der Waals surface area contributed by atoms with E-state index >= 15 is 0 Å². The molecule has 4 aromatic rings. The lowest BCUT2D eigenvalue weighted by atomic mass is 10.2. The molecule has 0 N–H and O–H groups in total. The van der Waals surface area contributed by atoms with Crippen LogP contribution < -0.4 is 5.56 Å². The predicted molar refractivity (Wildman–Crippen MR) is 105 cm³/mol. The highest BCUT2D eigenvalue weighted by atomic mass is 35.5. The molecule has 0 unspecified atom stereocenters. The van der Waals surface area contributed by atoms with Crippen molar-refractivity contribution in [2.75, 3.05) is 0 Å². The quantitative estimate of drug-likeness (QED) is 0.382. The summed E-state index contributed by atoms with van der Waals surface area (Å²) < 4.78 is 1.34. The lowest BCUT2D eigenvalue weighted by molar-refractivity contribution is 1.02. The molecule has 0 saturated heterocycles. The summed E-state index contributed by atoms with van der Waals surface area (Å²) in [6.45, 7) is 0. The number of hydrogen-bond donors (Lipinski definition) is 0. The van der Waals surface area contributed by atoms with E-state index in [2.05, 4.69) is 15.0 Å². The van der Waals surface area contributed by atoms with Crippen molar-refractivity contribution in [3.8, 4) is 5.69 Å². The molecule has 5 nitrogen and oxygen atoms in total. The van der Waals surface area contributed by atoms with E-state index in [1.165, 1.54) is 4.57 Å². The molecule has 0 saturated carbocycles. The molecule has 0 amide bonds. The monoisotopic (exact) mass is 444 g/mol. The third-order valence-electron chi connectivity index (χ3n) is 3.67. The largest absolute Gasteiger partial charge is 0.293 e. The molecule has 0 spiro atoms. The van der Waals surface area contributed by atoms with Gasteiger partial charge in [0.2, 0.25) is 0 Å². The zero-order chi connectivity index (χ0) is 18.6. The Morgan fingerprint density at radius 3 is 2.04 bits per heavy atom. The summed E-state index contributed by atoms with van der Waals surface area (Å²) in [5.74, 6) is 0. The highest BCUT2D eigenvalue weighted by Gasteiger charge is 2.16. The second-order valence-electron chi connectivity index (χ2n) is 5.27. The minimum absolute atomic E-state index is 0.0455. The van der Waals surface area contributed by atoms with Gasteiger partial charge < -0.3 is 0 Å². The fourth-order valence-corrected chi connectivity index (χ4v) is 3.42. The molecule has 0 aliphatic carbocycles. The first-order valence-corrected chi connectivity index (χ1v) is 8.94. The van der Waals surface area contributed by atoms with Crippen molar-refractivity contribution in [3.05, 3.63) is 66.2 Å². The Hall–Kier alpha value is -1.63. The van der Waals surface area contributed by atoms with Crippen molar-refractivity contribution in [1.82, 2.24) is 19.5 Å². The van der Waals surface area contributed by atoms with Gasteiger partial charge in [0.1, 0.15) is 0 Å². The van der Waals surface area contributed by atoms with Crippen LogP contribution in [-0.4, -0.2) is 19.5 Å². The Kier molecular flexibility index (Phi) is 4.45. The molecule has 0 radical (unpaired) electrons. The lowest BCUT2D eigenvalue weighted by Gasteiger charge is -2.13. The van der Waals surface area contributed by atoms with Crippen LogP contribution in [-0.2, 0) is 0 Å². The molecule has 2 aromatic heterocycles. The summed E-state index contributed by atoms with van der Waals surface area (Å²) in [5.41, 5.74) is 1.61. The van der Waals surface area contributed by atoms with Gasteiger partial charge in [-0.3, -0.25) is 9.36 Å². The first kappa shape index (κ1) is 17.8. The lowest BCUT2D eigenvalue weighted by Crippen LogP contribution is -2.21. The third kappa shape index (κ3) is 2.90. The van der Waals surface area contributed by atoms with Gasteiger partial charge in [0, 0.05) is 5.02 Å². The topological polar surface area (TPSA) is 60.7 Å². The van der Waals surface area contributed by atoms with Crippen LogP contribution in [0.25, 0.3) is 27.8 Å². The second-order valence-corrected chi connectivity index (χ2v) is 7.19. The summed E-state index contributed by atoms with van der Waals surface area (Å²) >= 11 is 30.3. The fourth-order valence-electron chi connectivity index (χ4n) is 2.56. The molecule has 0 fully saturated rings. The van der Waals surface area contributed by atoms with Crippen molar-refractivity contribution in [2.45, 2.75) is 0 Å². The van der Waals surface area contributed by atoms with E-state index in [-0.39, 0.29) is 20.5 Å². The van der Waals surface area contributed by atoms with Crippen molar-refractivity contribution in [3.63, 3.8) is 0 Å². The molecule has 0 aliphatic heterocycles. The normalized spacial score (nSPS) is 11.4. The van der Waals surface area contributed by atoms with Crippen molar-refractivity contribution < 1.29 is 0 Å². The smallest absolute Gasteiger partial charge is 0.271 e. The van der Waals surface area contributed by atoms with E-state index in [4.69, 9.17) is 58.0 Å². The number of rotatable bonds is 1. The van der Waals surface area contributed by atoms with Gasteiger partial charge in [0.15, 0.2) is 15.5 Å². The van der Waals surface area contributed by atoms with E-state index in [0.29, 0.717) is 32.8 Å². The van der Waals surface area contributed by atoms with Crippen molar-refractivity contribution in [1.29, 1.82) is 0 Å². The third-order valence-corrected chi connectivity index (χ3v) is 5.08. The van der Waals surface area contributed by atoms with Crippen LogP contribution in [0.3, 0.4) is 0 Å². The first-order valence-electron chi connectivity index (χ1n) is 7.05. The van der Waals surface area contributed by atoms with Crippen LogP contribution >= 0.6 is 58.0 Å². The SMILES string of the molecule is O=c1c(Cl)nc2cc(Cl)ccc2n1-c1cc2nc(Cl)c(Cl)nc2cc1Cl. The van der Waals surface area contributed by atoms with Gasteiger partial charge in [-0.2, -0.15) is 0 Å². The van der Waals surface area contributed by atoms with Crippen molar-refractivity contribution >= 4 is 80.1 Å². The van der Waals surface area contributed by atoms with E-state index < -0.39 is 5.56 Å². The molecule has 2 heterocycles. The zero-order valence-electron chi connectivity index (χ0n) is 12.5. The fraction of sp³-hybridized carbons (Fsp3) is 0. The van der Waals surface area contributed by atoms with Crippen LogP contribution in [0.15, 0.2) is 35.1 Å². The van der Waals surface area contributed by atoms with Gasteiger partial charge in [-0.25, -0.2) is 15.0 Å². The molecule has 2 aromatic carbocycles. The van der Waals surface area contributed by atoms with E-state index in [1.807, 2.05) is 0 Å². The van der Waals surface area contributed by atoms with Crippen LogP contribution in [0.5, 0.6) is 0 Å². The van der Waals surface area contributed by atoms with Gasteiger partial charge in [0.05, 0.1) is 32.8 Å². The summed E-state index contributed by atoms with van der Waals surface area (Å²) in [4.78, 5) is 25.1. The average Bonchev–Trinajstić information content (AvgIpc) is 2.58. The maximum absolute atomic E-state index is 12.7. The standard InChI is InChI=1S/C16H5Cl5N4O/c17-6-1-2-11-10(3-6)24-15(21)16(26)25(11)12-5-9-8(4-7(12)18)22-13(19)14(20)23-9/h1-5H. The highest BCUT2D eigenvalue weighted by molar-refractivity contribution is 6.40. The van der Waals surface area contributed by atoms with Gasteiger partial charge in [-0.1, -0.05) is 58.0 Å². The van der Waals surface area contributed by atoms with Crippen LogP contribution in [0.2, 0.25) is 25.5 Å². The second kappa shape index (κ2) is 6.51. The van der Waals surface area contributed by atoms with Gasteiger partial charge in [-0.15, -0.1) is 0 Å². The Balaban J connectivity index is 2.13. The Labute approximate surface area is 171 Å². The van der Waals surface area contributed by atoms with Crippen LogP contribution in [0, 0.1) is 0 Å². The summed E-state index contributed by atoms with van der Waals surface area (Å²) in [5, 5.41) is 0.613. The molecular formula is C16H5Cl5N4O. The van der Waals surface area contributed by atoms with E-state index in [1.54, 1.807) is 30.3 Å². The number of benzene rings is 2. The first-order chi connectivity index (χ1) is 12.3. The zero-order valence-corrected chi connectivity index (χ0v) is 16.3. The number of fused-ring (bicyclic) bond motifs is 2. The predicted octanol–water partition coefficient (Wildman–Crippen LogP) is 5.60. The Bertz CT molecular complexity index is 1270. The minimum Gasteiger partial charge on any atom is -0.271 e. The van der Waals surface area contributed by atoms with E-state index in [0.717, 1.165) is 0 Å². The maximum atomic E-state index is 12.7. The van der Waals surface area contributed by atoms with Crippen LogP contribution in [0.1, 0.15) is 0 Å². The number of aromatic nitrogens is 4. The number of hydrogen-bond acceptors (Lipinski definition) is 4. The molecule has 0 atom stereocenters. The molecule has 26 heavy (non-hydrogen) atoms. The number of nitrogens with zero attached hydrogens (tertiary/aromatic N) is 4. The average molecular weight is 447 g/mol. The maximum Gasteiger partial charge on any atom is 0.293 e. The van der Waals surface area contributed by atoms with Crippen molar-refractivity contribution in [2.24, 2.45) is 0 Å². The number of halogens is 5. The molecule has 0 aliphatic rings.